The molecule has 170 valence electrons. The van der Waals surface area contributed by atoms with Crippen LogP contribution in [0.15, 0.2) is 60.7 Å². The number of anilines is 2. The highest BCUT2D eigenvalue weighted by molar-refractivity contribution is 6.02. The predicted octanol–water partition coefficient (Wildman–Crippen LogP) is 5.35. The summed E-state index contributed by atoms with van der Waals surface area (Å²) in [4.78, 5) is 28.9. The first-order chi connectivity index (χ1) is 15.7. The van der Waals surface area contributed by atoms with Gasteiger partial charge in [0.25, 0.3) is 0 Å². The van der Waals surface area contributed by atoms with E-state index in [0.717, 1.165) is 56.0 Å². The molecule has 2 aromatic carbocycles. The summed E-state index contributed by atoms with van der Waals surface area (Å²) in [5, 5.41) is 2.90. The molecule has 0 aromatic heterocycles. The number of piperazine rings is 1. The molecule has 0 bridgehead atoms. The summed E-state index contributed by atoms with van der Waals surface area (Å²) < 4.78 is 0. The van der Waals surface area contributed by atoms with Crippen molar-refractivity contribution in [2.45, 2.75) is 45.4 Å². The molecule has 5 heteroatoms. The van der Waals surface area contributed by atoms with Gasteiger partial charge in [-0.2, -0.15) is 0 Å². The van der Waals surface area contributed by atoms with Crippen LogP contribution in [-0.4, -0.2) is 42.9 Å². The molecule has 1 saturated heterocycles. The highest BCUT2D eigenvalue weighted by Gasteiger charge is 2.20. The Balaban J connectivity index is 1.41. The number of nitrogens with zero attached hydrogens (tertiary/aromatic N) is 2. The maximum Gasteiger partial charge on any atom is 0.248 e. The second-order valence-electron chi connectivity index (χ2n) is 8.31. The molecule has 2 aromatic rings. The zero-order valence-electron chi connectivity index (χ0n) is 19.1. The van der Waals surface area contributed by atoms with Gasteiger partial charge in [0.1, 0.15) is 0 Å². The van der Waals surface area contributed by atoms with E-state index in [1.807, 2.05) is 59.5 Å². The summed E-state index contributed by atoms with van der Waals surface area (Å²) in [6.07, 6.45) is 9.92. The van der Waals surface area contributed by atoms with Crippen LogP contribution in [0.5, 0.6) is 0 Å². The number of carbonyl (C=O) groups is 2. The van der Waals surface area contributed by atoms with Gasteiger partial charge in [-0.1, -0.05) is 62.9 Å². The van der Waals surface area contributed by atoms with Gasteiger partial charge in [-0.05, 0) is 42.3 Å². The van der Waals surface area contributed by atoms with Crippen molar-refractivity contribution < 1.29 is 9.59 Å². The van der Waals surface area contributed by atoms with Crippen molar-refractivity contribution in [3.63, 3.8) is 0 Å². The summed E-state index contributed by atoms with van der Waals surface area (Å²) in [6.45, 7) is 5.44. The number of benzene rings is 2. The van der Waals surface area contributed by atoms with E-state index in [0.29, 0.717) is 12.3 Å². The van der Waals surface area contributed by atoms with E-state index in [4.69, 9.17) is 0 Å². The quantitative estimate of drug-likeness (QED) is 0.406. The van der Waals surface area contributed by atoms with Gasteiger partial charge in [0, 0.05) is 50.1 Å². The molecule has 1 N–H and O–H groups in total. The zero-order chi connectivity index (χ0) is 22.6. The molecule has 0 aliphatic carbocycles. The van der Waals surface area contributed by atoms with Gasteiger partial charge < -0.3 is 15.1 Å². The summed E-state index contributed by atoms with van der Waals surface area (Å²) in [5.41, 5.74) is 2.88. The number of hydrogen-bond acceptors (Lipinski definition) is 3. The predicted molar refractivity (Wildman–Crippen MR) is 133 cm³/mol. The third kappa shape index (κ3) is 7.56. The molecule has 1 fully saturated rings. The number of rotatable bonds is 10. The highest BCUT2D eigenvalue weighted by atomic mass is 16.2. The summed E-state index contributed by atoms with van der Waals surface area (Å²) in [7, 11) is 0. The smallest absolute Gasteiger partial charge is 0.248 e. The van der Waals surface area contributed by atoms with Crippen LogP contribution in [-0.2, 0) is 9.59 Å². The summed E-state index contributed by atoms with van der Waals surface area (Å²) in [5.74, 6) is 0.145. The lowest BCUT2D eigenvalue weighted by molar-refractivity contribution is -0.131. The van der Waals surface area contributed by atoms with Crippen molar-refractivity contribution in [1.82, 2.24) is 4.90 Å². The van der Waals surface area contributed by atoms with E-state index >= 15 is 0 Å². The largest absolute Gasteiger partial charge is 0.368 e. The molecule has 32 heavy (non-hydrogen) atoms. The molecule has 0 spiro atoms. The van der Waals surface area contributed by atoms with Gasteiger partial charge in [0.2, 0.25) is 11.8 Å². The summed E-state index contributed by atoms with van der Waals surface area (Å²) >= 11 is 0. The summed E-state index contributed by atoms with van der Waals surface area (Å²) in [6, 6.07) is 17.7. The van der Waals surface area contributed by atoms with Gasteiger partial charge in [0.05, 0.1) is 0 Å². The molecule has 1 aliphatic heterocycles. The van der Waals surface area contributed by atoms with Crippen LogP contribution in [0.4, 0.5) is 11.4 Å². The minimum atomic E-state index is -0.150. The molecule has 0 atom stereocenters. The Labute approximate surface area is 192 Å². The van der Waals surface area contributed by atoms with Crippen molar-refractivity contribution in [1.29, 1.82) is 0 Å². The molecule has 1 aliphatic rings. The van der Waals surface area contributed by atoms with Crippen LogP contribution in [0, 0.1) is 0 Å². The van der Waals surface area contributed by atoms with Crippen LogP contribution >= 0.6 is 0 Å². The Morgan fingerprint density at radius 1 is 0.875 bits per heavy atom. The topological polar surface area (TPSA) is 52.7 Å². The van der Waals surface area contributed by atoms with E-state index in [-0.39, 0.29) is 5.91 Å². The Bertz CT molecular complexity index is 870. The van der Waals surface area contributed by atoms with Crippen molar-refractivity contribution in [3.05, 3.63) is 66.2 Å². The standard InChI is InChI=1S/C27H35N3O2/c1-2-3-4-5-9-12-27(32)30-21-19-29(20-22-30)25-16-14-24(15-17-25)28-26(31)18-13-23-10-7-6-8-11-23/h6-8,10-11,13-18H,2-5,9,12,19-22H2,1H3,(H,28,31)/b18-13+. The lowest BCUT2D eigenvalue weighted by Crippen LogP contribution is -2.48. The molecule has 0 saturated carbocycles. The van der Waals surface area contributed by atoms with Crippen molar-refractivity contribution in [2.75, 3.05) is 36.4 Å². The average molecular weight is 434 g/mol. The van der Waals surface area contributed by atoms with Gasteiger partial charge in [-0.15, -0.1) is 0 Å². The van der Waals surface area contributed by atoms with Crippen molar-refractivity contribution >= 4 is 29.3 Å². The number of hydrogen-bond donors (Lipinski definition) is 1. The molecule has 0 radical (unpaired) electrons. The van der Waals surface area contributed by atoms with Gasteiger partial charge in [-0.25, -0.2) is 0 Å². The van der Waals surface area contributed by atoms with Crippen LogP contribution < -0.4 is 10.2 Å². The fourth-order valence-electron chi connectivity index (χ4n) is 3.93. The lowest BCUT2D eigenvalue weighted by atomic mass is 10.1. The van der Waals surface area contributed by atoms with Crippen LogP contribution in [0.1, 0.15) is 51.0 Å². The van der Waals surface area contributed by atoms with E-state index in [2.05, 4.69) is 17.1 Å². The van der Waals surface area contributed by atoms with Gasteiger partial charge in [0.15, 0.2) is 0 Å². The van der Waals surface area contributed by atoms with Crippen LogP contribution in [0.25, 0.3) is 6.08 Å². The monoisotopic (exact) mass is 433 g/mol. The first-order valence-electron chi connectivity index (χ1n) is 11.8. The SMILES string of the molecule is CCCCCCCC(=O)N1CCN(c2ccc(NC(=O)/C=C/c3ccccc3)cc2)CC1. The Kier molecular flexibility index (Phi) is 9.36. The fraction of sp³-hybridized carbons (Fsp3) is 0.407. The zero-order valence-corrected chi connectivity index (χ0v) is 19.1. The third-order valence-corrected chi connectivity index (χ3v) is 5.85. The van der Waals surface area contributed by atoms with Gasteiger partial charge >= 0.3 is 0 Å². The molecular weight excluding hydrogens is 398 g/mol. The molecular formula is C27H35N3O2. The molecule has 2 amide bonds. The Morgan fingerprint density at radius 2 is 1.56 bits per heavy atom. The second-order valence-corrected chi connectivity index (χ2v) is 8.31. The maximum absolute atomic E-state index is 12.4. The maximum atomic E-state index is 12.4. The Morgan fingerprint density at radius 3 is 2.25 bits per heavy atom. The normalized spacial score (nSPS) is 14.0. The average Bonchev–Trinajstić information content (AvgIpc) is 2.84. The lowest BCUT2D eigenvalue weighted by Gasteiger charge is -2.36. The fourth-order valence-corrected chi connectivity index (χ4v) is 3.93. The van der Waals surface area contributed by atoms with Gasteiger partial charge in [-0.3, -0.25) is 9.59 Å². The molecule has 0 unspecified atom stereocenters. The second kappa shape index (κ2) is 12.7. The molecule has 5 nitrogen and oxygen atoms in total. The number of unbranched alkanes of at least 4 members (excludes halogenated alkanes) is 4. The van der Waals surface area contributed by atoms with E-state index in [1.54, 1.807) is 12.2 Å². The van der Waals surface area contributed by atoms with E-state index < -0.39 is 0 Å². The number of nitrogens with one attached hydrogen (secondary N) is 1. The van der Waals surface area contributed by atoms with Crippen molar-refractivity contribution in [3.8, 4) is 0 Å². The highest BCUT2D eigenvalue weighted by Crippen LogP contribution is 2.20. The van der Waals surface area contributed by atoms with E-state index in [1.165, 1.54) is 19.3 Å². The molecule has 3 rings (SSSR count). The number of amides is 2. The first-order valence-corrected chi connectivity index (χ1v) is 11.8. The molecule has 1 heterocycles. The minimum Gasteiger partial charge on any atom is -0.368 e. The van der Waals surface area contributed by atoms with Crippen LogP contribution in [0.3, 0.4) is 0 Å². The Hall–Kier alpha value is -3.08. The van der Waals surface area contributed by atoms with Crippen molar-refractivity contribution in [2.24, 2.45) is 0 Å². The van der Waals surface area contributed by atoms with Crippen LogP contribution in [0.2, 0.25) is 0 Å². The number of carbonyl (C=O) groups excluding carboxylic acids is 2. The third-order valence-electron chi connectivity index (χ3n) is 5.85. The first kappa shape index (κ1) is 23.6. The minimum absolute atomic E-state index is 0.150. The van der Waals surface area contributed by atoms with E-state index in [9.17, 15) is 9.59 Å².